The van der Waals surface area contributed by atoms with E-state index in [1.54, 1.807) is 29.2 Å². The summed E-state index contributed by atoms with van der Waals surface area (Å²) in [6.45, 7) is 4.12. The number of benzene rings is 1. The zero-order valence-electron chi connectivity index (χ0n) is 15.1. The molecule has 25 heavy (non-hydrogen) atoms. The second-order valence-corrected chi connectivity index (χ2v) is 5.71. The number of methoxy groups -OCH3 is 1. The molecule has 1 atom stereocenters. The van der Waals surface area contributed by atoms with Gasteiger partial charge in [-0.2, -0.15) is 15.0 Å². The molecule has 2 rings (SSSR count). The molecule has 0 aliphatic rings. The van der Waals surface area contributed by atoms with Gasteiger partial charge >= 0.3 is 12.0 Å². The number of hydrogen-bond donors (Lipinski definition) is 1. The van der Waals surface area contributed by atoms with Gasteiger partial charge in [0.1, 0.15) is 5.75 Å². The largest absolute Gasteiger partial charge is 0.465 e. The summed E-state index contributed by atoms with van der Waals surface area (Å²) in [5, 5.41) is 3.21. The third kappa shape index (κ3) is 5.03. The first-order chi connectivity index (χ1) is 11.9. The number of nitrogens with one attached hydrogen (secondary N) is 1. The van der Waals surface area contributed by atoms with Gasteiger partial charge in [-0.15, -0.1) is 0 Å². The van der Waals surface area contributed by atoms with Gasteiger partial charge in [-0.3, -0.25) is 0 Å². The molecule has 0 unspecified atom stereocenters. The molecular formula is C17H23N5O3. The fraction of sp³-hybridized carbons (Fsp3) is 0.412. The summed E-state index contributed by atoms with van der Waals surface area (Å²) in [6, 6.07) is 6.96. The van der Waals surface area contributed by atoms with Crippen molar-refractivity contribution in [2.45, 2.75) is 26.3 Å². The standard InChI is InChI=1S/C17H23N5O3/c1-6-11(2)18-15-19-16(22(3)4)21-17(20-15)25-13-9-7-12(8-10-13)14(23)24-5/h7-11H,6H2,1-5H3,(H,18,19,20,21)/t11-/m0/s1. The van der Waals surface area contributed by atoms with Crippen molar-refractivity contribution in [1.29, 1.82) is 0 Å². The van der Waals surface area contributed by atoms with Crippen LogP contribution in [0.3, 0.4) is 0 Å². The van der Waals surface area contributed by atoms with E-state index >= 15 is 0 Å². The highest BCUT2D eigenvalue weighted by Crippen LogP contribution is 2.21. The van der Waals surface area contributed by atoms with Crippen molar-refractivity contribution in [3.8, 4) is 11.8 Å². The molecule has 1 aromatic heterocycles. The second-order valence-electron chi connectivity index (χ2n) is 5.71. The zero-order chi connectivity index (χ0) is 18.4. The molecule has 0 aliphatic carbocycles. The van der Waals surface area contributed by atoms with Crippen LogP contribution in [0, 0.1) is 0 Å². The number of anilines is 2. The Hall–Kier alpha value is -2.90. The summed E-state index contributed by atoms with van der Waals surface area (Å²) in [6.07, 6.45) is 0.939. The molecule has 2 aromatic rings. The lowest BCUT2D eigenvalue weighted by Gasteiger charge is -2.16. The predicted molar refractivity (Wildman–Crippen MR) is 95.4 cm³/mol. The van der Waals surface area contributed by atoms with Gasteiger partial charge in [0.15, 0.2) is 0 Å². The molecule has 134 valence electrons. The Morgan fingerprint density at radius 1 is 1.20 bits per heavy atom. The van der Waals surface area contributed by atoms with E-state index in [0.29, 0.717) is 23.2 Å². The average Bonchev–Trinajstić information content (AvgIpc) is 2.61. The summed E-state index contributed by atoms with van der Waals surface area (Å²) < 4.78 is 10.4. The van der Waals surface area contributed by atoms with Crippen molar-refractivity contribution < 1.29 is 14.3 Å². The highest BCUT2D eigenvalue weighted by Gasteiger charge is 2.12. The minimum absolute atomic E-state index is 0.176. The maximum absolute atomic E-state index is 11.5. The number of rotatable bonds is 7. The lowest BCUT2D eigenvalue weighted by molar-refractivity contribution is 0.0600. The summed E-state index contributed by atoms with van der Waals surface area (Å²) in [4.78, 5) is 26.2. The van der Waals surface area contributed by atoms with E-state index < -0.39 is 5.97 Å². The third-order valence-corrected chi connectivity index (χ3v) is 3.48. The van der Waals surface area contributed by atoms with Crippen LogP contribution < -0.4 is 15.0 Å². The summed E-state index contributed by atoms with van der Waals surface area (Å²) in [5.41, 5.74) is 0.443. The average molecular weight is 345 g/mol. The molecule has 0 radical (unpaired) electrons. The van der Waals surface area contributed by atoms with Gasteiger partial charge in [0.25, 0.3) is 0 Å². The van der Waals surface area contributed by atoms with Crippen molar-refractivity contribution in [3.63, 3.8) is 0 Å². The number of hydrogen-bond acceptors (Lipinski definition) is 8. The van der Waals surface area contributed by atoms with Crippen LogP contribution in [0.1, 0.15) is 30.6 Å². The van der Waals surface area contributed by atoms with Crippen LogP contribution in [-0.2, 0) is 4.74 Å². The molecule has 1 aromatic carbocycles. The first-order valence-corrected chi connectivity index (χ1v) is 7.99. The van der Waals surface area contributed by atoms with E-state index in [1.165, 1.54) is 7.11 Å². The van der Waals surface area contributed by atoms with Crippen molar-refractivity contribution in [2.24, 2.45) is 0 Å². The van der Waals surface area contributed by atoms with E-state index in [-0.39, 0.29) is 12.1 Å². The van der Waals surface area contributed by atoms with Gasteiger partial charge in [-0.1, -0.05) is 6.92 Å². The van der Waals surface area contributed by atoms with Gasteiger partial charge in [-0.25, -0.2) is 4.79 Å². The normalized spacial score (nSPS) is 11.6. The van der Waals surface area contributed by atoms with Crippen LogP contribution in [-0.4, -0.2) is 48.2 Å². The maximum Gasteiger partial charge on any atom is 0.337 e. The van der Waals surface area contributed by atoms with Gasteiger partial charge < -0.3 is 19.7 Å². The molecule has 0 saturated carbocycles. The molecule has 8 heteroatoms. The van der Waals surface area contributed by atoms with E-state index in [4.69, 9.17) is 4.74 Å². The predicted octanol–water partition coefficient (Wildman–Crippen LogP) is 2.73. The van der Waals surface area contributed by atoms with Crippen molar-refractivity contribution >= 4 is 17.9 Å². The first-order valence-electron chi connectivity index (χ1n) is 7.99. The Morgan fingerprint density at radius 2 is 1.88 bits per heavy atom. The van der Waals surface area contributed by atoms with Gasteiger partial charge in [0.05, 0.1) is 12.7 Å². The molecule has 0 aliphatic heterocycles. The molecule has 0 fully saturated rings. The highest BCUT2D eigenvalue weighted by molar-refractivity contribution is 5.89. The Kier molecular flexibility index (Phi) is 6.10. The number of nitrogens with zero attached hydrogens (tertiary/aromatic N) is 4. The summed E-state index contributed by atoms with van der Waals surface area (Å²) in [5.74, 6) is 1.05. The molecular weight excluding hydrogens is 322 g/mol. The van der Waals surface area contributed by atoms with E-state index in [9.17, 15) is 4.79 Å². The summed E-state index contributed by atoms with van der Waals surface area (Å²) >= 11 is 0. The van der Waals surface area contributed by atoms with Gasteiger partial charge in [0.2, 0.25) is 11.9 Å². The Balaban J connectivity index is 2.23. The summed E-state index contributed by atoms with van der Waals surface area (Å²) in [7, 11) is 5.03. The number of esters is 1. The molecule has 0 saturated heterocycles. The fourth-order valence-electron chi connectivity index (χ4n) is 1.86. The van der Waals surface area contributed by atoms with Crippen molar-refractivity contribution in [2.75, 3.05) is 31.4 Å². The molecule has 0 spiro atoms. The van der Waals surface area contributed by atoms with Crippen molar-refractivity contribution in [1.82, 2.24) is 15.0 Å². The van der Waals surface area contributed by atoms with Crippen LogP contribution in [0.2, 0.25) is 0 Å². The maximum atomic E-state index is 11.5. The first kappa shape index (κ1) is 18.4. The number of ether oxygens (including phenoxy) is 2. The monoisotopic (exact) mass is 345 g/mol. The smallest absolute Gasteiger partial charge is 0.337 e. The molecule has 8 nitrogen and oxygen atoms in total. The van der Waals surface area contributed by atoms with Crippen LogP contribution in [0.15, 0.2) is 24.3 Å². The lowest BCUT2D eigenvalue weighted by atomic mass is 10.2. The lowest BCUT2D eigenvalue weighted by Crippen LogP contribution is -2.19. The topological polar surface area (TPSA) is 89.5 Å². The minimum Gasteiger partial charge on any atom is -0.465 e. The Bertz CT molecular complexity index is 719. The van der Waals surface area contributed by atoms with Crippen LogP contribution >= 0.6 is 0 Å². The number of carbonyl (C=O) groups is 1. The number of aromatic nitrogens is 3. The minimum atomic E-state index is -0.401. The second kappa shape index (κ2) is 8.27. The molecule has 1 heterocycles. The third-order valence-electron chi connectivity index (χ3n) is 3.48. The van der Waals surface area contributed by atoms with Gasteiger partial charge in [0, 0.05) is 20.1 Å². The van der Waals surface area contributed by atoms with Crippen LogP contribution in [0.4, 0.5) is 11.9 Å². The SMILES string of the molecule is CC[C@H](C)Nc1nc(Oc2ccc(C(=O)OC)cc2)nc(N(C)C)n1. The quantitative estimate of drug-likeness (QED) is 0.766. The Morgan fingerprint density at radius 3 is 2.44 bits per heavy atom. The van der Waals surface area contributed by atoms with E-state index in [0.717, 1.165) is 6.42 Å². The molecule has 0 amide bonds. The van der Waals surface area contributed by atoms with Crippen LogP contribution in [0.25, 0.3) is 0 Å². The van der Waals surface area contributed by atoms with Crippen LogP contribution in [0.5, 0.6) is 11.8 Å². The van der Waals surface area contributed by atoms with E-state index in [2.05, 4.69) is 31.9 Å². The molecule has 0 bridgehead atoms. The number of carbonyl (C=O) groups excluding carboxylic acids is 1. The van der Waals surface area contributed by atoms with E-state index in [1.807, 2.05) is 21.0 Å². The van der Waals surface area contributed by atoms with Crippen molar-refractivity contribution in [3.05, 3.63) is 29.8 Å². The van der Waals surface area contributed by atoms with Gasteiger partial charge in [-0.05, 0) is 37.6 Å². The Labute approximate surface area is 147 Å². The highest BCUT2D eigenvalue weighted by atomic mass is 16.5. The fourth-order valence-corrected chi connectivity index (χ4v) is 1.86. The molecule has 1 N–H and O–H groups in total. The zero-order valence-corrected chi connectivity index (χ0v) is 15.1.